The molecule has 0 aliphatic rings. The van der Waals surface area contributed by atoms with Crippen molar-refractivity contribution in [1.29, 1.82) is 0 Å². The number of amides is 1. The maximum Gasteiger partial charge on any atom is 0.269 e. The number of anilines is 1. The van der Waals surface area contributed by atoms with E-state index in [9.17, 15) is 20.1 Å². The Balaban J connectivity index is 2.52. The van der Waals surface area contributed by atoms with Crippen molar-refractivity contribution in [2.45, 2.75) is 31.3 Å². The van der Waals surface area contributed by atoms with E-state index in [-0.39, 0.29) is 0 Å². The van der Waals surface area contributed by atoms with Crippen LogP contribution in [0.2, 0.25) is 0 Å². The first-order valence-corrected chi connectivity index (χ1v) is 6.32. The number of hydrogen-bond acceptors (Lipinski definition) is 7. The Hall–Kier alpha value is -1.71. The molecule has 21 heavy (non-hydrogen) atoms. The summed E-state index contributed by atoms with van der Waals surface area (Å²) < 4.78 is 0. The Morgan fingerprint density at radius 2 is 1.67 bits per heavy atom. The largest absolute Gasteiger partial charge is 0.394 e. The molecule has 8 heteroatoms. The van der Waals surface area contributed by atoms with Gasteiger partial charge in [-0.2, -0.15) is 0 Å². The predicted octanol–water partition coefficient (Wildman–Crippen LogP) is -2.13. The first-order chi connectivity index (χ1) is 9.86. The number of benzene rings is 1. The van der Waals surface area contributed by atoms with Gasteiger partial charge < -0.3 is 25.5 Å². The molecule has 0 saturated carbocycles. The monoisotopic (exact) mass is 300 g/mol. The van der Waals surface area contributed by atoms with Crippen molar-refractivity contribution in [3.63, 3.8) is 0 Å². The normalized spacial score (nSPS) is 16.7. The molecule has 1 aromatic carbocycles. The molecule has 1 amide bonds. The molecule has 4 unspecified atom stereocenters. The van der Waals surface area contributed by atoms with Gasteiger partial charge in [-0.05, 0) is 19.1 Å². The van der Waals surface area contributed by atoms with Crippen molar-refractivity contribution in [2.24, 2.45) is 0 Å². The number of carbonyl (C=O) groups excluding carboxylic acids is 1. The van der Waals surface area contributed by atoms with Crippen LogP contribution in [0.1, 0.15) is 5.56 Å². The standard InChI is InChI=1S/C13H20N2O6/c1-7-2-4-8(5-3-7)14-15-13(21)12(20)11(19)10(18)9(17)6-16/h2-5,9-12,14,16-20H,6H2,1H3,(H,15,21). The smallest absolute Gasteiger partial charge is 0.269 e. The van der Waals surface area contributed by atoms with Crippen LogP contribution in [0.25, 0.3) is 0 Å². The highest BCUT2D eigenvalue weighted by atomic mass is 16.4. The second kappa shape index (κ2) is 7.91. The molecule has 0 aromatic heterocycles. The Bertz CT molecular complexity index is 452. The van der Waals surface area contributed by atoms with Gasteiger partial charge in [0.05, 0.1) is 12.3 Å². The molecule has 1 aromatic rings. The highest BCUT2D eigenvalue weighted by Crippen LogP contribution is 2.08. The van der Waals surface area contributed by atoms with Gasteiger partial charge in [0.2, 0.25) is 0 Å². The van der Waals surface area contributed by atoms with E-state index < -0.39 is 36.9 Å². The van der Waals surface area contributed by atoms with Crippen LogP contribution >= 0.6 is 0 Å². The molecule has 118 valence electrons. The average Bonchev–Trinajstić information content (AvgIpc) is 2.50. The molecule has 0 bridgehead atoms. The van der Waals surface area contributed by atoms with Gasteiger partial charge in [-0.1, -0.05) is 17.7 Å². The fourth-order valence-electron chi connectivity index (χ4n) is 1.52. The molecule has 0 heterocycles. The maximum absolute atomic E-state index is 11.6. The number of aliphatic hydroxyl groups is 5. The van der Waals surface area contributed by atoms with Crippen molar-refractivity contribution in [3.05, 3.63) is 29.8 Å². The fraction of sp³-hybridized carbons (Fsp3) is 0.462. The molecule has 4 atom stereocenters. The molecule has 0 saturated heterocycles. The number of carbonyl (C=O) groups is 1. The van der Waals surface area contributed by atoms with E-state index in [1.807, 2.05) is 6.92 Å². The molecule has 1 rings (SSSR count). The van der Waals surface area contributed by atoms with Crippen molar-refractivity contribution in [3.8, 4) is 0 Å². The van der Waals surface area contributed by atoms with E-state index >= 15 is 0 Å². The number of hydrogen-bond donors (Lipinski definition) is 7. The van der Waals surface area contributed by atoms with Gasteiger partial charge >= 0.3 is 0 Å². The summed E-state index contributed by atoms with van der Waals surface area (Å²) in [7, 11) is 0. The summed E-state index contributed by atoms with van der Waals surface area (Å²) in [6.07, 6.45) is -7.42. The van der Waals surface area contributed by atoms with Gasteiger partial charge in [-0.3, -0.25) is 15.6 Å². The van der Waals surface area contributed by atoms with Gasteiger partial charge in [0.25, 0.3) is 5.91 Å². The maximum atomic E-state index is 11.6. The molecule has 0 radical (unpaired) electrons. The zero-order chi connectivity index (χ0) is 16.0. The summed E-state index contributed by atoms with van der Waals surface area (Å²) in [5.74, 6) is -0.993. The fourth-order valence-corrected chi connectivity index (χ4v) is 1.52. The number of aryl methyl sites for hydroxylation is 1. The topological polar surface area (TPSA) is 142 Å². The average molecular weight is 300 g/mol. The van der Waals surface area contributed by atoms with E-state index in [1.165, 1.54) is 0 Å². The third-order valence-corrected chi connectivity index (χ3v) is 2.90. The lowest BCUT2D eigenvalue weighted by Crippen LogP contribution is -2.52. The summed E-state index contributed by atoms with van der Waals surface area (Å²) in [4.78, 5) is 11.6. The van der Waals surface area contributed by atoms with Crippen LogP contribution in [0.4, 0.5) is 5.69 Å². The van der Waals surface area contributed by atoms with Crippen LogP contribution in [0.3, 0.4) is 0 Å². The highest BCUT2D eigenvalue weighted by Gasteiger charge is 2.34. The SMILES string of the molecule is Cc1ccc(NNC(=O)C(O)C(O)C(O)C(O)CO)cc1. The minimum atomic E-state index is -1.97. The zero-order valence-electron chi connectivity index (χ0n) is 11.5. The van der Waals surface area contributed by atoms with Crippen LogP contribution in [-0.4, -0.2) is 62.5 Å². The van der Waals surface area contributed by atoms with Crippen LogP contribution in [0.5, 0.6) is 0 Å². The van der Waals surface area contributed by atoms with Crippen molar-refractivity contribution >= 4 is 11.6 Å². The van der Waals surface area contributed by atoms with Crippen molar-refractivity contribution < 1.29 is 30.3 Å². The van der Waals surface area contributed by atoms with E-state index in [4.69, 9.17) is 10.2 Å². The third-order valence-electron chi connectivity index (χ3n) is 2.90. The van der Waals surface area contributed by atoms with Crippen molar-refractivity contribution in [1.82, 2.24) is 5.43 Å². The van der Waals surface area contributed by atoms with Gasteiger partial charge in [-0.15, -0.1) is 0 Å². The molecular formula is C13H20N2O6. The van der Waals surface area contributed by atoms with Crippen LogP contribution in [0, 0.1) is 6.92 Å². The van der Waals surface area contributed by atoms with Gasteiger partial charge in [-0.25, -0.2) is 0 Å². The second-order valence-electron chi connectivity index (χ2n) is 4.66. The Morgan fingerprint density at radius 1 is 1.10 bits per heavy atom. The molecule has 0 spiro atoms. The molecular weight excluding hydrogens is 280 g/mol. The van der Waals surface area contributed by atoms with Gasteiger partial charge in [0, 0.05) is 0 Å². The number of nitrogens with one attached hydrogen (secondary N) is 2. The van der Waals surface area contributed by atoms with Gasteiger partial charge in [0.15, 0.2) is 6.10 Å². The highest BCUT2D eigenvalue weighted by molar-refractivity contribution is 5.82. The molecule has 8 nitrogen and oxygen atoms in total. The van der Waals surface area contributed by atoms with Crippen LogP contribution < -0.4 is 10.9 Å². The Morgan fingerprint density at radius 3 is 2.19 bits per heavy atom. The molecule has 7 N–H and O–H groups in total. The summed E-state index contributed by atoms with van der Waals surface area (Å²) in [6.45, 7) is 1.09. The lowest BCUT2D eigenvalue weighted by molar-refractivity contribution is -0.148. The quantitative estimate of drug-likeness (QED) is 0.285. The third kappa shape index (κ3) is 4.96. The minimum Gasteiger partial charge on any atom is -0.394 e. The second-order valence-corrected chi connectivity index (χ2v) is 4.66. The Kier molecular flexibility index (Phi) is 6.53. The summed E-state index contributed by atoms with van der Waals surface area (Å²) >= 11 is 0. The van der Waals surface area contributed by atoms with Gasteiger partial charge in [0.1, 0.15) is 18.3 Å². The summed E-state index contributed by atoms with van der Waals surface area (Å²) in [5, 5.41) is 46.3. The van der Waals surface area contributed by atoms with E-state index in [2.05, 4.69) is 10.9 Å². The van der Waals surface area contributed by atoms with E-state index in [0.717, 1.165) is 5.56 Å². The lowest BCUT2D eigenvalue weighted by atomic mass is 10.0. The van der Waals surface area contributed by atoms with Crippen LogP contribution in [-0.2, 0) is 4.79 Å². The molecule has 0 aliphatic carbocycles. The zero-order valence-corrected chi connectivity index (χ0v) is 11.5. The first kappa shape index (κ1) is 17.3. The van der Waals surface area contributed by atoms with E-state index in [1.54, 1.807) is 24.3 Å². The minimum absolute atomic E-state index is 0.562. The van der Waals surface area contributed by atoms with Crippen molar-refractivity contribution in [2.75, 3.05) is 12.0 Å². The summed E-state index contributed by atoms with van der Waals surface area (Å²) in [6, 6.07) is 7.01. The Labute approximate surface area is 121 Å². The number of rotatable bonds is 7. The summed E-state index contributed by atoms with van der Waals surface area (Å²) in [5.41, 5.74) is 6.27. The van der Waals surface area contributed by atoms with Crippen LogP contribution in [0.15, 0.2) is 24.3 Å². The number of hydrazine groups is 1. The predicted molar refractivity (Wildman–Crippen MR) is 74.1 cm³/mol. The molecule has 0 fully saturated rings. The lowest BCUT2D eigenvalue weighted by Gasteiger charge is -2.25. The first-order valence-electron chi connectivity index (χ1n) is 6.32. The molecule has 0 aliphatic heterocycles. The van der Waals surface area contributed by atoms with E-state index in [0.29, 0.717) is 5.69 Å². The number of aliphatic hydroxyl groups excluding tert-OH is 5.